The van der Waals surface area contributed by atoms with Crippen LogP contribution in [0.3, 0.4) is 0 Å². The maximum absolute atomic E-state index is 12.7. The van der Waals surface area contributed by atoms with E-state index in [0.29, 0.717) is 23.7 Å². The number of fused-ring (bicyclic) bond motifs is 3. The molecule has 1 aliphatic rings. The van der Waals surface area contributed by atoms with E-state index in [2.05, 4.69) is 41.7 Å². The van der Waals surface area contributed by atoms with Crippen LogP contribution in [0.25, 0.3) is 11.1 Å². The number of ether oxygens (including phenoxy) is 2. The molecule has 0 atom stereocenters. The zero-order valence-electron chi connectivity index (χ0n) is 15.4. The fraction of sp³-hybridized carbons (Fsp3) is 0.174. The minimum Gasteiger partial charge on any atom is -0.493 e. The van der Waals surface area contributed by atoms with Gasteiger partial charge in [-0.25, -0.2) is 0 Å². The van der Waals surface area contributed by atoms with E-state index in [-0.39, 0.29) is 5.91 Å². The number of nitrogens with one attached hydrogen (secondary N) is 1. The van der Waals surface area contributed by atoms with Crippen LogP contribution in [0.1, 0.15) is 28.4 Å². The summed E-state index contributed by atoms with van der Waals surface area (Å²) in [6.45, 7) is 2.45. The van der Waals surface area contributed by atoms with E-state index in [1.165, 1.54) is 22.3 Å². The smallest absolute Gasteiger partial charge is 0.255 e. The van der Waals surface area contributed by atoms with Crippen molar-refractivity contribution in [2.45, 2.75) is 13.3 Å². The summed E-state index contributed by atoms with van der Waals surface area (Å²) in [6, 6.07) is 19.7. The number of hydrogen-bond donors (Lipinski definition) is 1. The van der Waals surface area contributed by atoms with Crippen molar-refractivity contribution >= 4 is 11.6 Å². The lowest BCUT2D eigenvalue weighted by Crippen LogP contribution is -2.12. The van der Waals surface area contributed by atoms with Crippen LogP contribution in [-0.4, -0.2) is 19.6 Å². The fourth-order valence-corrected chi connectivity index (χ4v) is 3.51. The van der Waals surface area contributed by atoms with Gasteiger partial charge in [0, 0.05) is 11.3 Å². The molecule has 0 radical (unpaired) electrons. The summed E-state index contributed by atoms with van der Waals surface area (Å²) in [7, 11) is 1.57. The second-order valence-corrected chi connectivity index (χ2v) is 6.46. The van der Waals surface area contributed by atoms with Gasteiger partial charge < -0.3 is 14.8 Å². The number of benzene rings is 3. The highest BCUT2D eigenvalue weighted by atomic mass is 16.5. The molecule has 136 valence electrons. The number of anilines is 1. The molecule has 0 aliphatic heterocycles. The van der Waals surface area contributed by atoms with Gasteiger partial charge in [0.1, 0.15) is 0 Å². The lowest BCUT2D eigenvalue weighted by Gasteiger charge is -2.12. The first-order valence-electron chi connectivity index (χ1n) is 9.03. The van der Waals surface area contributed by atoms with E-state index < -0.39 is 0 Å². The molecule has 0 bridgehead atoms. The van der Waals surface area contributed by atoms with E-state index >= 15 is 0 Å². The summed E-state index contributed by atoms with van der Waals surface area (Å²) in [5.41, 5.74) is 6.40. The summed E-state index contributed by atoms with van der Waals surface area (Å²) >= 11 is 0. The Morgan fingerprint density at radius 3 is 2.59 bits per heavy atom. The van der Waals surface area contributed by atoms with E-state index in [9.17, 15) is 4.79 Å². The average molecular weight is 359 g/mol. The van der Waals surface area contributed by atoms with Crippen molar-refractivity contribution in [3.05, 3.63) is 77.4 Å². The SMILES string of the molecule is CCOc1ccc(C(=O)Nc2ccc3c(c2)Cc2ccccc2-3)cc1OC. The highest BCUT2D eigenvalue weighted by Gasteiger charge is 2.18. The van der Waals surface area contributed by atoms with Gasteiger partial charge in [0.05, 0.1) is 13.7 Å². The van der Waals surface area contributed by atoms with Crippen molar-refractivity contribution in [1.82, 2.24) is 0 Å². The molecule has 0 heterocycles. The molecule has 0 saturated heterocycles. The Hall–Kier alpha value is -3.27. The third kappa shape index (κ3) is 3.26. The molecular weight excluding hydrogens is 338 g/mol. The van der Waals surface area contributed by atoms with Crippen LogP contribution in [0.2, 0.25) is 0 Å². The van der Waals surface area contributed by atoms with Crippen LogP contribution >= 0.6 is 0 Å². The molecule has 1 N–H and O–H groups in total. The standard InChI is InChI=1S/C23H21NO3/c1-3-27-21-11-8-16(14-22(21)26-2)23(25)24-18-9-10-20-17(13-18)12-15-6-4-5-7-19(15)20/h4-11,13-14H,3,12H2,1-2H3,(H,24,25). The molecule has 4 nitrogen and oxygen atoms in total. The number of rotatable bonds is 5. The van der Waals surface area contributed by atoms with Gasteiger partial charge in [-0.05, 0) is 65.9 Å². The molecule has 0 unspecified atom stereocenters. The molecule has 0 fully saturated rings. The normalized spacial score (nSPS) is 11.5. The molecule has 3 aromatic rings. The van der Waals surface area contributed by atoms with Gasteiger partial charge in [0.2, 0.25) is 0 Å². The maximum atomic E-state index is 12.7. The molecule has 27 heavy (non-hydrogen) atoms. The molecular formula is C23H21NO3. The molecule has 0 spiro atoms. The van der Waals surface area contributed by atoms with Crippen molar-refractivity contribution in [3.63, 3.8) is 0 Å². The maximum Gasteiger partial charge on any atom is 0.255 e. The van der Waals surface area contributed by atoms with Crippen LogP contribution in [0, 0.1) is 0 Å². The Kier molecular flexibility index (Phi) is 4.55. The van der Waals surface area contributed by atoms with Gasteiger partial charge in [0.25, 0.3) is 5.91 Å². The topological polar surface area (TPSA) is 47.6 Å². The Labute approximate surface area is 158 Å². The van der Waals surface area contributed by atoms with Crippen molar-refractivity contribution in [1.29, 1.82) is 0 Å². The zero-order valence-corrected chi connectivity index (χ0v) is 15.4. The van der Waals surface area contributed by atoms with Gasteiger partial charge in [-0.3, -0.25) is 4.79 Å². The summed E-state index contributed by atoms with van der Waals surface area (Å²) in [5.74, 6) is 1.01. The second-order valence-electron chi connectivity index (χ2n) is 6.46. The molecule has 4 rings (SSSR count). The van der Waals surface area contributed by atoms with Gasteiger partial charge >= 0.3 is 0 Å². The lowest BCUT2D eigenvalue weighted by molar-refractivity contribution is 0.102. The highest BCUT2D eigenvalue weighted by Crippen LogP contribution is 2.37. The van der Waals surface area contributed by atoms with E-state index in [0.717, 1.165) is 12.1 Å². The molecule has 4 heteroatoms. The lowest BCUT2D eigenvalue weighted by atomic mass is 10.1. The first kappa shape index (κ1) is 17.2. The van der Waals surface area contributed by atoms with Crippen LogP contribution in [0.4, 0.5) is 5.69 Å². The summed E-state index contributed by atoms with van der Waals surface area (Å²) in [4.78, 5) is 12.7. The zero-order chi connectivity index (χ0) is 18.8. The van der Waals surface area contributed by atoms with Crippen LogP contribution in [0.5, 0.6) is 11.5 Å². The predicted octanol–water partition coefficient (Wildman–Crippen LogP) is 4.92. The minimum absolute atomic E-state index is 0.174. The van der Waals surface area contributed by atoms with Gasteiger partial charge in [-0.2, -0.15) is 0 Å². The monoisotopic (exact) mass is 359 g/mol. The van der Waals surface area contributed by atoms with Crippen molar-refractivity contribution < 1.29 is 14.3 Å². The van der Waals surface area contributed by atoms with E-state index in [1.54, 1.807) is 25.3 Å². The van der Waals surface area contributed by atoms with E-state index in [1.807, 2.05) is 13.0 Å². The van der Waals surface area contributed by atoms with Crippen LogP contribution in [0.15, 0.2) is 60.7 Å². The Morgan fingerprint density at radius 2 is 1.78 bits per heavy atom. The summed E-state index contributed by atoms with van der Waals surface area (Å²) in [5, 5.41) is 2.98. The Morgan fingerprint density at radius 1 is 0.963 bits per heavy atom. The second kappa shape index (κ2) is 7.16. The van der Waals surface area contributed by atoms with Gasteiger partial charge in [-0.1, -0.05) is 30.3 Å². The van der Waals surface area contributed by atoms with Gasteiger partial charge in [0.15, 0.2) is 11.5 Å². The molecule has 0 aromatic heterocycles. The number of carbonyl (C=O) groups excluding carboxylic acids is 1. The number of carbonyl (C=O) groups is 1. The summed E-state index contributed by atoms with van der Waals surface area (Å²) < 4.78 is 10.8. The van der Waals surface area contributed by atoms with Crippen molar-refractivity contribution in [2.24, 2.45) is 0 Å². The van der Waals surface area contributed by atoms with Gasteiger partial charge in [-0.15, -0.1) is 0 Å². The molecule has 1 aliphatic carbocycles. The minimum atomic E-state index is -0.174. The average Bonchev–Trinajstić information content (AvgIpc) is 3.06. The Balaban J connectivity index is 1.55. The highest BCUT2D eigenvalue weighted by molar-refractivity contribution is 6.05. The number of amides is 1. The largest absolute Gasteiger partial charge is 0.493 e. The third-order valence-corrected chi connectivity index (χ3v) is 4.78. The quantitative estimate of drug-likeness (QED) is 0.550. The molecule has 1 amide bonds. The number of hydrogen-bond acceptors (Lipinski definition) is 3. The summed E-state index contributed by atoms with van der Waals surface area (Å²) in [6.07, 6.45) is 0.895. The van der Waals surface area contributed by atoms with Crippen molar-refractivity contribution in [2.75, 3.05) is 19.0 Å². The van der Waals surface area contributed by atoms with Crippen LogP contribution < -0.4 is 14.8 Å². The van der Waals surface area contributed by atoms with Crippen LogP contribution in [-0.2, 0) is 6.42 Å². The number of methoxy groups -OCH3 is 1. The van der Waals surface area contributed by atoms with E-state index in [4.69, 9.17) is 9.47 Å². The molecule has 3 aromatic carbocycles. The first-order chi connectivity index (χ1) is 13.2. The predicted molar refractivity (Wildman–Crippen MR) is 107 cm³/mol. The fourth-order valence-electron chi connectivity index (χ4n) is 3.51. The Bertz CT molecular complexity index is 1010. The molecule has 0 saturated carbocycles. The first-order valence-corrected chi connectivity index (χ1v) is 9.03. The third-order valence-electron chi connectivity index (χ3n) is 4.78. The van der Waals surface area contributed by atoms with Crippen molar-refractivity contribution in [3.8, 4) is 22.6 Å².